The quantitative estimate of drug-likeness (QED) is 0.747. The van der Waals surface area contributed by atoms with Crippen molar-refractivity contribution >= 4 is 38.8 Å². The number of hydrogen-bond donors (Lipinski definition) is 1. The lowest BCUT2D eigenvalue weighted by Crippen LogP contribution is -2.29. The van der Waals surface area contributed by atoms with Crippen LogP contribution in [0.2, 0.25) is 0 Å². The van der Waals surface area contributed by atoms with E-state index < -0.39 is 0 Å². The molecule has 3 aromatic heterocycles. The van der Waals surface area contributed by atoms with Crippen LogP contribution in [0.1, 0.15) is 10.4 Å². The number of rotatable bonds is 3. The van der Waals surface area contributed by atoms with Gasteiger partial charge in [-0.15, -0.1) is 11.3 Å². The highest BCUT2D eigenvalue weighted by Gasteiger charge is 2.17. The first-order chi connectivity index (χ1) is 10.5. The molecular weight excluding hydrogens is 316 g/mol. The summed E-state index contributed by atoms with van der Waals surface area (Å²) < 4.78 is 1.54. The predicted molar refractivity (Wildman–Crippen MR) is 93.4 cm³/mol. The molecule has 112 valence electrons. The van der Waals surface area contributed by atoms with Crippen LogP contribution in [0.5, 0.6) is 0 Å². The number of aromatic nitrogens is 3. The van der Waals surface area contributed by atoms with Gasteiger partial charge in [0.05, 0.1) is 16.9 Å². The van der Waals surface area contributed by atoms with E-state index in [0.717, 1.165) is 20.8 Å². The Labute approximate surface area is 136 Å². The molecule has 0 aromatic carbocycles. The van der Waals surface area contributed by atoms with Gasteiger partial charge in [-0.3, -0.25) is 14.3 Å². The van der Waals surface area contributed by atoms with Crippen molar-refractivity contribution in [1.29, 1.82) is 0 Å². The number of pyridine rings is 1. The van der Waals surface area contributed by atoms with E-state index in [9.17, 15) is 4.79 Å². The Hall–Kier alpha value is -2.12. The summed E-state index contributed by atoms with van der Waals surface area (Å²) >= 11 is 6.51. The molecule has 0 fully saturated rings. The summed E-state index contributed by atoms with van der Waals surface area (Å²) in [6, 6.07) is 3.63. The van der Waals surface area contributed by atoms with Crippen molar-refractivity contribution in [3.05, 3.63) is 45.3 Å². The Morgan fingerprint density at radius 2 is 2.05 bits per heavy atom. The largest absolute Gasteiger partial charge is 0.392 e. The Kier molecular flexibility index (Phi) is 3.76. The summed E-state index contributed by atoms with van der Waals surface area (Å²) in [6.07, 6.45) is 3.34. The van der Waals surface area contributed by atoms with Crippen molar-refractivity contribution in [1.82, 2.24) is 14.5 Å². The van der Waals surface area contributed by atoms with Crippen LogP contribution < -0.4 is 11.3 Å². The molecule has 3 rings (SSSR count). The monoisotopic (exact) mass is 330 g/mol. The van der Waals surface area contributed by atoms with E-state index in [2.05, 4.69) is 9.97 Å². The van der Waals surface area contributed by atoms with Gasteiger partial charge in [-0.1, -0.05) is 12.2 Å². The van der Waals surface area contributed by atoms with E-state index >= 15 is 0 Å². The molecular formula is C15H14N4OS2. The molecule has 0 aliphatic carbocycles. The van der Waals surface area contributed by atoms with Crippen molar-refractivity contribution in [2.24, 2.45) is 5.73 Å². The van der Waals surface area contributed by atoms with Crippen LogP contribution >= 0.6 is 23.6 Å². The minimum Gasteiger partial charge on any atom is -0.392 e. The molecule has 0 bridgehead atoms. The van der Waals surface area contributed by atoms with E-state index in [0.29, 0.717) is 11.2 Å². The zero-order valence-corrected chi connectivity index (χ0v) is 13.8. The van der Waals surface area contributed by atoms with Gasteiger partial charge >= 0.3 is 0 Å². The topological polar surface area (TPSA) is 73.8 Å². The first-order valence-corrected chi connectivity index (χ1v) is 7.90. The minimum atomic E-state index is -0.105. The Bertz CT molecular complexity index is 928. The fraction of sp³-hybridized carbons (Fsp3) is 0.200. The molecule has 0 saturated carbocycles. The van der Waals surface area contributed by atoms with Gasteiger partial charge in [-0.05, 0) is 31.5 Å². The molecule has 0 saturated heterocycles. The number of nitrogens with zero attached hydrogens (tertiary/aromatic N) is 3. The average molecular weight is 330 g/mol. The smallest absolute Gasteiger partial charge is 0.263 e. The third kappa shape index (κ3) is 2.42. The molecule has 0 unspecified atom stereocenters. The molecule has 0 spiro atoms. The second-order valence-corrected chi connectivity index (χ2v) is 6.72. The molecule has 3 aromatic rings. The van der Waals surface area contributed by atoms with E-state index in [4.69, 9.17) is 18.0 Å². The summed E-state index contributed by atoms with van der Waals surface area (Å²) in [4.78, 5) is 23.7. The van der Waals surface area contributed by atoms with Gasteiger partial charge in [0.15, 0.2) is 0 Å². The maximum absolute atomic E-state index is 12.9. The van der Waals surface area contributed by atoms with Crippen LogP contribution in [0.15, 0.2) is 29.3 Å². The summed E-state index contributed by atoms with van der Waals surface area (Å²) in [5.41, 5.74) is 7.34. The molecule has 7 heteroatoms. The molecule has 5 nitrogen and oxygen atoms in total. The number of fused-ring (bicyclic) bond motifs is 1. The molecule has 0 atom stereocenters. The van der Waals surface area contributed by atoms with Crippen molar-refractivity contribution in [2.75, 3.05) is 0 Å². The van der Waals surface area contributed by atoms with Crippen molar-refractivity contribution < 1.29 is 0 Å². The average Bonchev–Trinajstić information content (AvgIpc) is 2.77. The number of thiophene rings is 1. The summed E-state index contributed by atoms with van der Waals surface area (Å²) in [7, 11) is 0. The van der Waals surface area contributed by atoms with Gasteiger partial charge in [0.25, 0.3) is 5.56 Å². The van der Waals surface area contributed by atoms with Gasteiger partial charge in [0.1, 0.15) is 10.7 Å². The highest BCUT2D eigenvalue weighted by molar-refractivity contribution is 7.80. The second kappa shape index (κ2) is 5.58. The van der Waals surface area contributed by atoms with E-state index in [1.54, 1.807) is 17.0 Å². The zero-order chi connectivity index (χ0) is 15.9. The Balaban J connectivity index is 2.40. The van der Waals surface area contributed by atoms with Gasteiger partial charge in [0, 0.05) is 22.8 Å². The lowest BCUT2D eigenvalue weighted by molar-refractivity contribution is 0.807. The first kappa shape index (κ1) is 14.8. The fourth-order valence-electron chi connectivity index (χ4n) is 2.35. The van der Waals surface area contributed by atoms with Crippen LogP contribution in [0.4, 0.5) is 0 Å². The van der Waals surface area contributed by atoms with Gasteiger partial charge in [-0.2, -0.15) is 0 Å². The van der Waals surface area contributed by atoms with Crippen molar-refractivity contribution in [3.63, 3.8) is 0 Å². The standard InChI is InChI=1S/C15H14N4OS2/c1-8-9(2)22-14-12(8)15(20)19(7-11(16)21)13(18-14)10-3-5-17-6-4-10/h3-6H,7H2,1-2H3,(H2,16,21). The van der Waals surface area contributed by atoms with E-state index in [-0.39, 0.29) is 17.1 Å². The zero-order valence-electron chi connectivity index (χ0n) is 12.2. The lowest BCUT2D eigenvalue weighted by Gasteiger charge is -2.11. The van der Waals surface area contributed by atoms with Gasteiger partial charge in [0.2, 0.25) is 0 Å². The maximum Gasteiger partial charge on any atom is 0.263 e. The summed E-state index contributed by atoms with van der Waals surface area (Å²) in [5, 5.41) is 0.650. The Morgan fingerprint density at radius 1 is 1.36 bits per heavy atom. The molecule has 0 aliphatic rings. The third-order valence-electron chi connectivity index (χ3n) is 3.54. The predicted octanol–water partition coefficient (Wildman–Crippen LogP) is 2.42. The number of thiocarbonyl (C=S) groups is 1. The molecule has 0 radical (unpaired) electrons. The SMILES string of the molecule is Cc1sc2nc(-c3ccncc3)n(CC(N)=S)c(=O)c2c1C. The summed E-state index contributed by atoms with van der Waals surface area (Å²) in [5.74, 6) is 0.564. The van der Waals surface area contributed by atoms with Crippen molar-refractivity contribution in [3.8, 4) is 11.4 Å². The first-order valence-electron chi connectivity index (χ1n) is 6.68. The van der Waals surface area contributed by atoms with Gasteiger partial charge < -0.3 is 5.73 Å². The number of aryl methyl sites for hydroxylation is 2. The molecule has 0 amide bonds. The minimum absolute atomic E-state index is 0.105. The second-order valence-electron chi connectivity index (χ2n) is 4.99. The molecule has 2 N–H and O–H groups in total. The van der Waals surface area contributed by atoms with Crippen LogP contribution in [-0.4, -0.2) is 19.5 Å². The van der Waals surface area contributed by atoms with Crippen LogP contribution in [-0.2, 0) is 6.54 Å². The molecule has 22 heavy (non-hydrogen) atoms. The molecule has 3 heterocycles. The maximum atomic E-state index is 12.9. The normalized spacial score (nSPS) is 11.0. The number of nitrogens with two attached hydrogens (primary N) is 1. The van der Waals surface area contributed by atoms with E-state index in [1.165, 1.54) is 11.3 Å². The Morgan fingerprint density at radius 3 is 2.68 bits per heavy atom. The van der Waals surface area contributed by atoms with Crippen LogP contribution in [0.25, 0.3) is 21.6 Å². The molecule has 0 aliphatic heterocycles. The third-order valence-corrected chi connectivity index (χ3v) is 4.77. The van der Waals surface area contributed by atoms with Crippen LogP contribution in [0, 0.1) is 13.8 Å². The lowest BCUT2D eigenvalue weighted by atomic mass is 10.2. The highest BCUT2D eigenvalue weighted by Crippen LogP contribution is 2.28. The highest BCUT2D eigenvalue weighted by atomic mass is 32.1. The summed E-state index contributed by atoms with van der Waals surface area (Å²) in [6.45, 7) is 4.10. The van der Waals surface area contributed by atoms with Crippen LogP contribution in [0.3, 0.4) is 0 Å². The fourth-order valence-corrected chi connectivity index (χ4v) is 3.50. The van der Waals surface area contributed by atoms with Gasteiger partial charge in [-0.25, -0.2) is 4.98 Å². The van der Waals surface area contributed by atoms with E-state index in [1.807, 2.05) is 26.0 Å². The van der Waals surface area contributed by atoms with Crippen molar-refractivity contribution in [2.45, 2.75) is 20.4 Å². The number of hydrogen-bond acceptors (Lipinski definition) is 5.